The molecular formula is C23H28N2O5S. The molecule has 1 N–H and O–H groups in total. The zero-order valence-electron chi connectivity index (χ0n) is 18.0. The van der Waals surface area contributed by atoms with Crippen molar-refractivity contribution < 1.29 is 23.9 Å². The number of aromatic nitrogens is 1. The van der Waals surface area contributed by atoms with Crippen LogP contribution in [0.15, 0.2) is 42.6 Å². The summed E-state index contributed by atoms with van der Waals surface area (Å²) < 4.78 is 11.1. The van der Waals surface area contributed by atoms with E-state index in [9.17, 15) is 14.4 Å². The first-order chi connectivity index (χ1) is 15.0. The van der Waals surface area contributed by atoms with Crippen LogP contribution in [-0.4, -0.2) is 41.4 Å². The van der Waals surface area contributed by atoms with Gasteiger partial charge in [0.15, 0.2) is 0 Å². The van der Waals surface area contributed by atoms with Crippen LogP contribution in [-0.2, 0) is 32.0 Å². The van der Waals surface area contributed by atoms with E-state index in [1.165, 1.54) is 11.8 Å². The molecule has 0 bridgehead atoms. The summed E-state index contributed by atoms with van der Waals surface area (Å²) in [6, 6.07) is 11.4. The van der Waals surface area contributed by atoms with Gasteiger partial charge in [-0.05, 0) is 43.4 Å². The van der Waals surface area contributed by atoms with Gasteiger partial charge in [0.2, 0.25) is 12.3 Å². The van der Waals surface area contributed by atoms with E-state index in [0.29, 0.717) is 32.3 Å². The fourth-order valence-corrected chi connectivity index (χ4v) is 3.46. The van der Waals surface area contributed by atoms with Crippen molar-refractivity contribution in [3.8, 4) is 5.75 Å². The third-order valence-electron chi connectivity index (χ3n) is 4.66. The number of hydrogen-bond donors (Lipinski definition) is 1. The molecule has 2 aromatic rings. The molecule has 0 spiro atoms. The van der Waals surface area contributed by atoms with E-state index in [4.69, 9.17) is 9.47 Å². The molecule has 0 fully saturated rings. The van der Waals surface area contributed by atoms with Gasteiger partial charge in [-0.3, -0.25) is 24.7 Å². The maximum atomic E-state index is 11.8. The van der Waals surface area contributed by atoms with Crippen molar-refractivity contribution in [1.82, 2.24) is 10.3 Å². The van der Waals surface area contributed by atoms with Gasteiger partial charge in [-0.15, -0.1) is 0 Å². The zero-order valence-corrected chi connectivity index (χ0v) is 18.8. The predicted octanol–water partition coefficient (Wildman–Crippen LogP) is 3.26. The maximum absolute atomic E-state index is 11.8. The van der Waals surface area contributed by atoms with Crippen molar-refractivity contribution in [3.63, 3.8) is 0 Å². The molecule has 0 saturated carbocycles. The number of benzene rings is 1. The molecule has 1 aromatic carbocycles. The summed E-state index contributed by atoms with van der Waals surface area (Å²) in [7, 11) is 0. The molecule has 2 amide bonds. The van der Waals surface area contributed by atoms with Gasteiger partial charge in [0, 0.05) is 30.3 Å². The number of ether oxygens (including phenoxy) is 2. The highest BCUT2D eigenvalue weighted by Crippen LogP contribution is 2.19. The van der Waals surface area contributed by atoms with Gasteiger partial charge in [-0.2, -0.15) is 11.8 Å². The number of carbonyl (C=O) groups excluding carboxylic acids is 3. The molecule has 0 aliphatic rings. The summed E-state index contributed by atoms with van der Waals surface area (Å²) in [5.74, 6) is 0.210. The minimum atomic E-state index is -0.320. The van der Waals surface area contributed by atoms with Gasteiger partial charge >= 0.3 is 5.97 Å². The Hall–Kier alpha value is -2.87. The van der Waals surface area contributed by atoms with Gasteiger partial charge in [-0.25, -0.2) is 0 Å². The van der Waals surface area contributed by atoms with Crippen LogP contribution in [0.25, 0.3) is 0 Å². The molecule has 2 rings (SSSR count). The Kier molecular flexibility index (Phi) is 10.0. The van der Waals surface area contributed by atoms with Crippen molar-refractivity contribution in [2.45, 2.75) is 44.5 Å². The fraction of sp³-hybridized carbons (Fsp3) is 0.391. The number of rotatable bonds is 12. The Morgan fingerprint density at radius 2 is 1.94 bits per heavy atom. The third-order valence-corrected chi connectivity index (χ3v) is 5.61. The molecule has 7 nitrogen and oxygen atoms in total. The Morgan fingerprint density at radius 1 is 1.19 bits per heavy atom. The lowest BCUT2D eigenvalue weighted by Gasteiger charge is -2.13. The summed E-state index contributed by atoms with van der Waals surface area (Å²) in [6.07, 6.45) is 5.18. The number of esters is 1. The summed E-state index contributed by atoms with van der Waals surface area (Å²) in [6.45, 7) is 4.06. The largest absolute Gasteiger partial charge is 0.493 e. The number of imide groups is 1. The van der Waals surface area contributed by atoms with Crippen molar-refractivity contribution in [1.29, 1.82) is 0 Å². The molecule has 2 atom stereocenters. The first-order valence-corrected chi connectivity index (χ1v) is 11.4. The van der Waals surface area contributed by atoms with Crippen molar-refractivity contribution in [2.75, 3.05) is 12.9 Å². The molecule has 0 saturated heterocycles. The standard InChI is InChI=1S/C23H28N2O5S/c1-4-22(27)30-16(2)18-7-8-19(24-14-18)11-12-29-20-9-5-17(6-10-20)13-21(31-3)23(28)25-15-26/h5-10,14-16,21H,4,11-13H2,1-3H3,(H,25,26,28). The first-order valence-electron chi connectivity index (χ1n) is 10.1. The fourth-order valence-electron chi connectivity index (χ4n) is 2.82. The molecule has 1 aromatic heterocycles. The van der Waals surface area contributed by atoms with Crippen LogP contribution in [0.3, 0.4) is 0 Å². The summed E-state index contributed by atoms with van der Waals surface area (Å²) >= 11 is 1.40. The van der Waals surface area contributed by atoms with Crippen LogP contribution >= 0.6 is 11.8 Å². The van der Waals surface area contributed by atoms with Gasteiger partial charge in [0.05, 0.1) is 11.9 Å². The molecule has 2 unspecified atom stereocenters. The van der Waals surface area contributed by atoms with E-state index in [2.05, 4.69) is 10.3 Å². The lowest BCUT2D eigenvalue weighted by molar-refractivity contribution is -0.148. The lowest BCUT2D eigenvalue weighted by Crippen LogP contribution is -2.32. The molecule has 0 aliphatic heterocycles. The number of pyridine rings is 1. The number of nitrogens with zero attached hydrogens (tertiary/aromatic N) is 1. The zero-order chi connectivity index (χ0) is 22.6. The van der Waals surface area contributed by atoms with E-state index < -0.39 is 0 Å². The molecule has 8 heteroatoms. The van der Waals surface area contributed by atoms with Crippen LogP contribution in [0.5, 0.6) is 5.75 Å². The molecule has 166 valence electrons. The average molecular weight is 445 g/mol. The molecular weight excluding hydrogens is 416 g/mol. The van der Waals surface area contributed by atoms with Gasteiger partial charge in [-0.1, -0.05) is 25.1 Å². The van der Waals surface area contributed by atoms with Crippen molar-refractivity contribution in [2.24, 2.45) is 0 Å². The molecule has 0 radical (unpaired) electrons. The third kappa shape index (κ3) is 8.05. The minimum absolute atomic E-state index is 0.232. The van der Waals surface area contributed by atoms with E-state index in [0.717, 1.165) is 22.6 Å². The average Bonchev–Trinajstić information content (AvgIpc) is 2.78. The number of nitrogens with one attached hydrogen (secondary N) is 1. The Morgan fingerprint density at radius 3 is 2.52 bits per heavy atom. The number of thioether (sulfide) groups is 1. The Balaban J connectivity index is 1.81. The van der Waals surface area contributed by atoms with Crippen LogP contribution < -0.4 is 10.1 Å². The topological polar surface area (TPSA) is 94.6 Å². The van der Waals surface area contributed by atoms with Gasteiger partial charge in [0.1, 0.15) is 11.9 Å². The maximum Gasteiger partial charge on any atom is 0.306 e. The normalized spacial score (nSPS) is 12.5. The van der Waals surface area contributed by atoms with E-state index in [1.54, 1.807) is 13.1 Å². The number of hydrogen-bond acceptors (Lipinski definition) is 7. The van der Waals surface area contributed by atoms with E-state index >= 15 is 0 Å². The smallest absolute Gasteiger partial charge is 0.306 e. The highest BCUT2D eigenvalue weighted by atomic mass is 32.2. The molecule has 31 heavy (non-hydrogen) atoms. The van der Waals surface area contributed by atoms with Crippen LogP contribution in [0.4, 0.5) is 0 Å². The lowest BCUT2D eigenvalue weighted by atomic mass is 10.1. The predicted molar refractivity (Wildman–Crippen MR) is 120 cm³/mol. The van der Waals surface area contributed by atoms with Crippen LogP contribution in [0.1, 0.15) is 43.2 Å². The first kappa shape index (κ1) is 24.4. The minimum Gasteiger partial charge on any atom is -0.493 e. The number of amides is 2. The summed E-state index contributed by atoms with van der Waals surface area (Å²) in [4.78, 5) is 38.1. The number of carbonyl (C=O) groups is 3. The molecule has 1 heterocycles. The summed E-state index contributed by atoms with van der Waals surface area (Å²) in [5, 5.41) is 1.88. The van der Waals surface area contributed by atoms with Crippen molar-refractivity contribution >= 4 is 30.0 Å². The van der Waals surface area contributed by atoms with Crippen LogP contribution in [0.2, 0.25) is 0 Å². The highest BCUT2D eigenvalue weighted by molar-refractivity contribution is 7.99. The Bertz CT molecular complexity index is 855. The van der Waals surface area contributed by atoms with E-state index in [1.807, 2.05) is 49.6 Å². The Labute approximate surface area is 186 Å². The van der Waals surface area contributed by atoms with E-state index in [-0.39, 0.29) is 23.2 Å². The quantitative estimate of drug-likeness (QED) is 0.397. The summed E-state index contributed by atoms with van der Waals surface area (Å²) in [5.41, 5.74) is 2.73. The van der Waals surface area contributed by atoms with Crippen molar-refractivity contribution in [3.05, 3.63) is 59.4 Å². The second-order valence-corrected chi connectivity index (χ2v) is 7.91. The SMILES string of the molecule is CCC(=O)OC(C)c1ccc(CCOc2ccc(CC(SC)C(=O)NC=O)cc2)nc1. The monoisotopic (exact) mass is 444 g/mol. The molecule has 0 aliphatic carbocycles. The van der Waals surface area contributed by atoms with Gasteiger partial charge in [0.25, 0.3) is 0 Å². The van der Waals surface area contributed by atoms with Crippen LogP contribution in [0, 0.1) is 0 Å². The second kappa shape index (κ2) is 12.7. The van der Waals surface area contributed by atoms with Gasteiger partial charge < -0.3 is 9.47 Å². The second-order valence-electron chi connectivity index (χ2n) is 6.87. The highest BCUT2D eigenvalue weighted by Gasteiger charge is 2.17.